The molecule has 0 fully saturated rings. The highest BCUT2D eigenvalue weighted by Crippen LogP contribution is 2.27. The van der Waals surface area contributed by atoms with Gasteiger partial charge in [-0.25, -0.2) is 4.79 Å². The molecule has 178 valence electrons. The lowest BCUT2D eigenvalue weighted by atomic mass is 10.0. The average molecular weight is 479 g/mol. The van der Waals surface area contributed by atoms with Gasteiger partial charge in [-0.05, 0) is 47.5 Å². The summed E-state index contributed by atoms with van der Waals surface area (Å²) in [5, 5.41) is 9.09. The molecule has 4 aromatic carbocycles. The zero-order valence-electron chi connectivity index (χ0n) is 19.4. The van der Waals surface area contributed by atoms with Crippen molar-refractivity contribution in [3.8, 4) is 5.75 Å². The smallest absolute Gasteiger partial charge is 0.349 e. The molecule has 8 nitrogen and oxygen atoms in total. The fourth-order valence-corrected chi connectivity index (χ4v) is 3.95. The number of anilines is 1. The van der Waals surface area contributed by atoms with E-state index >= 15 is 0 Å². The molecule has 0 bridgehead atoms. The number of nitrogens with zero attached hydrogens (tertiary/aromatic N) is 2. The highest BCUT2D eigenvalue weighted by Gasteiger charge is 2.12. The van der Waals surface area contributed by atoms with E-state index in [0.717, 1.165) is 21.0 Å². The molecule has 5 aromatic rings. The Morgan fingerprint density at radius 3 is 2.50 bits per heavy atom. The third-order valence-electron chi connectivity index (χ3n) is 5.79. The van der Waals surface area contributed by atoms with E-state index in [-0.39, 0.29) is 12.5 Å². The first-order valence-corrected chi connectivity index (χ1v) is 11.3. The summed E-state index contributed by atoms with van der Waals surface area (Å²) in [6, 6.07) is 25.4. The molecule has 1 aromatic heterocycles. The normalized spacial score (nSPS) is 11.2. The number of rotatable bonds is 6. The molecule has 5 rings (SSSR count). The van der Waals surface area contributed by atoms with Gasteiger partial charge in [0.05, 0.1) is 17.1 Å². The van der Waals surface area contributed by atoms with Crippen LogP contribution in [0.5, 0.6) is 5.75 Å². The van der Waals surface area contributed by atoms with Crippen LogP contribution in [0.3, 0.4) is 0 Å². The van der Waals surface area contributed by atoms with Crippen LogP contribution in [0, 0.1) is 6.92 Å². The van der Waals surface area contributed by atoms with Crippen LogP contribution in [-0.2, 0) is 4.79 Å². The predicted molar refractivity (Wildman–Crippen MR) is 141 cm³/mol. The van der Waals surface area contributed by atoms with Crippen LogP contribution >= 0.6 is 0 Å². The van der Waals surface area contributed by atoms with Crippen LogP contribution in [-0.4, -0.2) is 28.4 Å². The van der Waals surface area contributed by atoms with Crippen molar-refractivity contribution >= 4 is 39.5 Å². The Kier molecular flexibility index (Phi) is 6.15. The molecule has 1 amide bonds. The number of ether oxygens (including phenoxy) is 1. The second-order valence-corrected chi connectivity index (χ2v) is 8.19. The fraction of sp³-hybridized carbons (Fsp3) is 0.0714. The van der Waals surface area contributed by atoms with Gasteiger partial charge in [0.1, 0.15) is 5.75 Å². The molecule has 0 saturated heterocycles. The first-order valence-electron chi connectivity index (χ1n) is 11.3. The van der Waals surface area contributed by atoms with E-state index in [0.29, 0.717) is 27.9 Å². The lowest BCUT2D eigenvalue weighted by Gasteiger charge is -2.13. The average Bonchev–Trinajstić information content (AvgIpc) is 2.89. The predicted octanol–water partition coefficient (Wildman–Crippen LogP) is 4.05. The molecule has 0 aliphatic heterocycles. The first-order chi connectivity index (χ1) is 17.5. The maximum absolute atomic E-state index is 12.9. The molecule has 0 saturated carbocycles. The van der Waals surface area contributed by atoms with E-state index in [4.69, 9.17) is 4.74 Å². The summed E-state index contributed by atoms with van der Waals surface area (Å²) in [4.78, 5) is 40.6. The number of aromatic nitrogens is 2. The number of H-pyrrole nitrogens is 1. The number of fused-ring (bicyclic) bond motifs is 2. The van der Waals surface area contributed by atoms with E-state index in [2.05, 4.69) is 15.4 Å². The molecular formula is C28H22N4O4. The van der Waals surface area contributed by atoms with Crippen molar-refractivity contribution < 1.29 is 9.53 Å². The first kappa shape index (κ1) is 22.8. The number of aromatic amines is 1. The fourth-order valence-electron chi connectivity index (χ4n) is 3.95. The Balaban J connectivity index is 1.49. The number of carbonyl (C=O) groups is 1. The highest BCUT2D eigenvalue weighted by molar-refractivity contribution is 6.02. The standard InChI is InChI=1S/C28H22N4O4/c1-18-8-2-6-12-23(18)30-26(33)17-36-25-15-14-19-9-3-4-10-20(19)22(25)16-29-32-27(34)21-11-5-7-13-24(21)31-28(32)35/h2-16H,17H2,1H3,(H,30,33)(H,31,35). The van der Waals surface area contributed by atoms with Gasteiger partial charge in [0.15, 0.2) is 6.61 Å². The van der Waals surface area contributed by atoms with Gasteiger partial charge >= 0.3 is 5.69 Å². The van der Waals surface area contributed by atoms with Crippen molar-refractivity contribution in [1.82, 2.24) is 9.66 Å². The molecule has 0 aliphatic rings. The summed E-state index contributed by atoms with van der Waals surface area (Å²) in [5.74, 6) is 0.0743. The Labute approximate surface area is 205 Å². The minimum Gasteiger partial charge on any atom is -0.483 e. The maximum atomic E-state index is 12.9. The third-order valence-corrected chi connectivity index (χ3v) is 5.79. The van der Waals surface area contributed by atoms with Crippen LogP contribution in [0.4, 0.5) is 5.69 Å². The van der Waals surface area contributed by atoms with E-state index in [1.165, 1.54) is 6.21 Å². The summed E-state index contributed by atoms with van der Waals surface area (Å²) in [6.45, 7) is 1.68. The molecule has 1 heterocycles. The number of carbonyl (C=O) groups excluding carboxylic acids is 1. The zero-order chi connectivity index (χ0) is 25.1. The van der Waals surface area contributed by atoms with Crippen LogP contribution in [0.25, 0.3) is 21.7 Å². The summed E-state index contributed by atoms with van der Waals surface area (Å²) in [6.07, 6.45) is 1.41. The van der Waals surface area contributed by atoms with Crippen LogP contribution < -0.4 is 21.3 Å². The molecule has 2 N–H and O–H groups in total. The van der Waals surface area contributed by atoms with Gasteiger partial charge < -0.3 is 15.0 Å². The maximum Gasteiger partial charge on any atom is 0.349 e. The summed E-state index contributed by atoms with van der Waals surface area (Å²) in [7, 11) is 0. The third kappa shape index (κ3) is 4.52. The molecule has 0 spiro atoms. The second kappa shape index (κ2) is 9.71. The van der Waals surface area contributed by atoms with Gasteiger partial charge in [0, 0.05) is 11.3 Å². The van der Waals surface area contributed by atoms with Crippen molar-refractivity contribution in [2.45, 2.75) is 6.92 Å². The minimum absolute atomic E-state index is 0.232. The van der Waals surface area contributed by atoms with Crippen molar-refractivity contribution in [3.05, 3.63) is 117 Å². The lowest BCUT2D eigenvalue weighted by Crippen LogP contribution is -2.32. The molecule has 0 unspecified atom stereocenters. The summed E-state index contributed by atoms with van der Waals surface area (Å²) >= 11 is 0. The Hall–Kier alpha value is -4.98. The quantitative estimate of drug-likeness (QED) is 0.359. The van der Waals surface area contributed by atoms with Gasteiger partial charge in [0.2, 0.25) is 0 Å². The van der Waals surface area contributed by atoms with Crippen LogP contribution in [0.1, 0.15) is 11.1 Å². The van der Waals surface area contributed by atoms with Crippen molar-refractivity contribution in [2.24, 2.45) is 5.10 Å². The van der Waals surface area contributed by atoms with Crippen molar-refractivity contribution in [3.63, 3.8) is 0 Å². The molecule has 36 heavy (non-hydrogen) atoms. The van der Waals surface area contributed by atoms with Crippen molar-refractivity contribution in [2.75, 3.05) is 11.9 Å². The monoisotopic (exact) mass is 478 g/mol. The Morgan fingerprint density at radius 2 is 1.67 bits per heavy atom. The van der Waals surface area contributed by atoms with E-state index in [9.17, 15) is 14.4 Å². The number of amides is 1. The summed E-state index contributed by atoms with van der Waals surface area (Å²) in [5.41, 5.74) is 1.43. The minimum atomic E-state index is -0.657. The molecule has 8 heteroatoms. The molecule has 0 radical (unpaired) electrons. The number of nitrogens with one attached hydrogen (secondary N) is 2. The number of hydrogen-bond acceptors (Lipinski definition) is 5. The molecule has 0 atom stereocenters. The van der Waals surface area contributed by atoms with Gasteiger partial charge in [-0.1, -0.05) is 60.7 Å². The topological polar surface area (TPSA) is 106 Å². The summed E-state index contributed by atoms with van der Waals surface area (Å²) < 4.78 is 6.64. The SMILES string of the molecule is Cc1ccccc1NC(=O)COc1ccc2ccccc2c1C=Nn1c(=O)[nH]c2ccccc2c1=O. The lowest BCUT2D eigenvalue weighted by molar-refractivity contribution is -0.118. The van der Waals surface area contributed by atoms with Gasteiger partial charge in [-0.15, -0.1) is 4.68 Å². The largest absolute Gasteiger partial charge is 0.483 e. The Bertz CT molecular complexity index is 1750. The van der Waals surface area contributed by atoms with Crippen LogP contribution in [0.2, 0.25) is 0 Å². The zero-order valence-corrected chi connectivity index (χ0v) is 19.4. The molecular weight excluding hydrogens is 456 g/mol. The van der Waals surface area contributed by atoms with Gasteiger partial charge in [-0.3, -0.25) is 9.59 Å². The van der Waals surface area contributed by atoms with E-state index < -0.39 is 11.2 Å². The van der Waals surface area contributed by atoms with Gasteiger partial charge in [0.25, 0.3) is 11.5 Å². The number of para-hydroxylation sites is 2. The van der Waals surface area contributed by atoms with E-state index in [1.54, 1.807) is 30.3 Å². The highest BCUT2D eigenvalue weighted by atomic mass is 16.5. The van der Waals surface area contributed by atoms with Crippen molar-refractivity contribution in [1.29, 1.82) is 0 Å². The van der Waals surface area contributed by atoms with Gasteiger partial charge in [-0.2, -0.15) is 5.10 Å². The number of hydrogen-bond donors (Lipinski definition) is 2. The Morgan fingerprint density at radius 1 is 0.944 bits per heavy atom. The van der Waals surface area contributed by atoms with E-state index in [1.807, 2.05) is 61.5 Å². The number of benzene rings is 4. The van der Waals surface area contributed by atoms with Crippen LogP contribution in [0.15, 0.2) is 99.6 Å². The molecule has 0 aliphatic carbocycles. The second-order valence-electron chi connectivity index (χ2n) is 8.19. The number of aryl methyl sites for hydroxylation is 1.